The number of fused-ring (bicyclic) bond motifs is 1. The van der Waals surface area contributed by atoms with Gasteiger partial charge in [0.15, 0.2) is 0 Å². The van der Waals surface area contributed by atoms with Gasteiger partial charge in [-0.25, -0.2) is 0 Å². The van der Waals surface area contributed by atoms with Crippen molar-refractivity contribution >= 4 is 0 Å². The highest BCUT2D eigenvalue weighted by molar-refractivity contribution is 5.10. The zero-order valence-corrected chi connectivity index (χ0v) is 5.69. The Labute approximate surface area is 61.7 Å². The standard InChI is InChI=1S/C6H8F3NO/c7-6(8,9)3-4-5(3)11-2-1-10-4/h3-5,10H,1-2H2/t3-,4+,5-/m1/s1. The molecule has 2 nitrogen and oxygen atoms in total. The normalized spacial score (nSPS) is 43.4. The lowest BCUT2D eigenvalue weighted by Gasteiger charge is -2.09. The van der Waals surface area contributed by atoms with E-state index in [4.69, 9.17) is 4.74 Å². The molecule has 11 heavy (non-hydrogen) atoms. The first-order valence-corrected chi connectivity index (χ1v) is 3.52. The van der Waals surface area contributed by atoms with Gasteiger partial charge >= 0.3 is 6.18 Å². The lowest BCUT2D eigenvalue weighted by molar-refractivity contribution is -0.156. The fourth-order valence-corrected chi connectivity index (χ4v) is 1.54. The molecular formula is C6H8F3NO. The quantitative estimate of drug-likeness (QED) is 0.568. The van der Waals surface area contributed by atoms with Crippen molar-refractivity contribution < 1.29 is 17.9 Å². The SMILES string of the molecule is FC(F)(F)[C@@H]1[C@@H]2NCCO[C@@H]21. The van der Waals surface area contributed by atoms with Crippen LogP contribution in [0.1, 0.15) is 0 Å². The molecule has 1 N–H and O–H groups in total. The third-order valence-electron chi connectivity index (χ3n) is 2.12. The van der Waals surface area contributed by atoms with Gasteiger partial charge in [0.1, 0.15) is 5.92 Å². The molecule has 2 rings (SSSR count). The van der Waals surface area contributed by atoms with Crippen LogP contribution < -0.4 is 5.32 Å². The molecule has 1 heterocycles. The van der Waals surface area contributed by atoms with Crippen LogP contribution in [0.3, 0.4) is 0 Å². The van der Waals surface area contributed by atoms with E-state index in [1.807, 2.05) is 0 Å². The van der Waals surface area contributed by atoms with Gasteiger partial charge in [-0.3, -0.25) is 0 Å². The molecule has 0 spiro atoms. The van der Waals surface area contributed by atoms with Crippen molar-refractivity contribution in [2.24, 2.45) is 5.92 Å². The van der Waals surface area contributed by atoms with Crippen LogP contribution in [0.2, 0.25) is 0 Å². The van der Waals surface area contributed by atoms with Crippen LogP contribution in [-0.2, 0) is 4.74 Å². The molecule has 0 radical (unpaired) electrons. The van der Waals surface area contributed by atoms with Gasteiger partial charge in [-0.1, -0.05) is 0 Å². The minimum absolute atomic E-state index is 0.397. The Morgan fingerprint density at radius 3 is 2.55 bits per heavy atom. The predicted molar refractivity (Wildman–Crippen MR) is 31.1 cm³/mol. The van der Waals surface area contributed by atoms with Gasteiger partial charge in [-0.15, -0.1) is 0 Å². The van der Waals surface area contributed by atoms with E-state index >= 15 is 0 Å². The van der Waals surface area contributed by atoms with Crippen LogP contribution in [0.5, 0.6) is 0 Å². The Bertz CT molecular complexity index is 158. The summed E-state index contributed by atoms with van der Waals surface area (Å²) in [6.45, 7) is 0.932. The van der Waals surface area contributed by atoms with Crippen molar-refractivity contribution in [2.45, 2.75) is 18.3 Å². The van der Waals surface area contributed by atoms with Gasteiger partial charge in [0.25, 0.3) is 0 Å². The molecule has 0 unspecified atom stereocenters. The minimum atomic E-state index is -4.09. The largest absolute Gasteiger partial charge is 0.395 e. The van der Waals surface area contributed by atoms with Crippen molar-refractivity contribution in [1.29, 1.82) is 0 Å². The second kappa shape index (κ2) is 2.10. The highest BCUT2D eigenvalue weighted by Crippen LogP contribution is 2.47. The second-order valence-corrected chi connectivity index (χ2v) is 2.88. The maximum atomic E-state index is 12.0. The fourth-order valence-electron chi connectivity index (χ4n) is 1.54. The summed E-state index contributed by atoms with van der Waals surface area (Å²) in [5.74, 6) is -1.26. The van der Waals surface area contributed by atoms with Gasteiger partial charge < -0.3 is 10.1 Å². The van der Waals surface area contributed by atoms with Crippen molar-refractivity contribution in [3.8, 4) is 0 Å². The molecule has 2 aliphatic rings. The number of hydrogen-bond acceptors (Lipinski definition) is 2. The first-order valence-electron chi connectivity index (χ1n) is 3.52. The number of alkyl halides is 3. The zero-order valence-electron chi connectivity index (χ0n) is 5.69. The van der Waals surface area contributed by atoms with Gasteiger partial charge in [-0.2, -0.15) is 13.2 Å². The average molecular weight is 167 g/mol. The number of hydrogen-bond donors (Lipinski definition) is 1. The average Bonchev–Trinajstić information content (AvgIpc) is 2.58. The van der Waals surface area contributed by atoms with Crippen LogP contribution in [0.15, 0.2) is 0 Å². The molecule has 3 atom stereocenters. The van der Waals surface area contributed by atoms with Crippen LogP contribution in [0, 0.1) is 5.92 Å². The van der Waals surface area contributed by atoms with E-state index in [0.717, 1.165) is 0 Å². The molecule has 1 saturated heterocycles. The van der Waals surface area contributed by atoms with E-state index in [1.165, 1.54) is 0 Å². The fraction of sp³-hybridized carbons (Fsp3) is 1.00. The maximum Gasteiger partial charge on any atom is 0.395 e. The third kappa shape index (κ3) is 1.12. The number of ether oxygens (including phenoxy) is 1. The Balaban J connectivity index is 2.00. The number of rotatable bonds is 0. The highest BCUT2D eigenvalue weighted by Gasteiger charge is 2.66. The lowest BCUT2D eigenvalue weighted by atomic mass is 10.4. The zero-order chi connectivity index (χ0) is 8.06. The smallest absolute Gasteiger partial charge is 0.375 e. The third-order valence-corrected chi connectivity index (χ3v) is 2.12. The van der Waals surface area contributed by atoms with Crippen LogP contribution >= 0.6 is 0 Å². The van der Waals surface area contributed by atoms with Gasteiger partial charge in [0.05, 0.1) is 12.7 Å². The Morgan fingerprint density at radius 2 is 2.09 bits per heavy atom. The van der Waals surface area contributed by atoms with Crippen LogP contribution in [0.4, 0.5) is 13.2 Å². The molecular weight excluding hydrogens is 159 g/mol. The van der Waals surface area contributed by atoms with Crippen molar-refractivity contribution in [2.75, 3.05) is 13.2 Å². The summed E-state index contributed by atoms with van der Waals surface area (Å²) in [7, 11) is 0. The summed E-state index contributed by atoms with van der Waals surface area (Å²) in [5, 5.41) is 2.77. The highest BCUT2D eigenvalue weighted by atomic mass is 19.4. The van der Waals surface area contributed by atoms with E-state index in [0.29, 0.717) is 13.2 Å². The summed E-state index contributed by atoms with van der Waals surface area (Å²) in [6, 6.07) is -0.469. The molecule has 0 aromatic heterocycles. The molecule has 2 fully saturated rings. The second-order valence-electron chi connectivity index (χ2n) is 2.88. The van der Waals surface area contributed by atoms with Gasteiger partial charge in [-0.05, 0) is 0 Å². The molecule has 5 heteroatoms. The molecule has 1 saturated carbocycles. The van der Waals surface area contributed by atoms with Gasteiger partial charge in [0, 0.05) is 12.6 Å². The number of halogens is 3. The monoisotopic (exact) mass is 167 g/mol. The van der Waals surface area contributed by atoms with Crippen molar-refractivity contribution in [3.05, 3.63) is 0 Å². The lowest BCUT2D eigenvalue weighted by Crippen LogP contribution is -2.31. The summed E-state index contributed by atoms with van der Waals surface area (Å²) >= 11 is 0. The van der Waals surface area contributed by atoms with E-state index in [-0.39, 0.29) is 0 Å². The summed E-state index contributed by atoms with van der Waals surface area (Å²) in [4.78, 5) is 0. The Morgan fingerprint density at radius 1 is 1.36 bits per heavy atom. The summed E-state index contributed by atoms with van der Waals surface area (Å²) in [5.41, 5.74) is 0. The van der Waals surface area contributed by atoms with E-state index in [9.17, 15) is 13.2 Å². The number of morpholine rings is 1. The summed E-state index contributed by atoms with van der Waals surface area (Å²) in [6.07, 6.45) is -4.70. The number of nitrogens with one attached hydrogen (secondary N) is 1. The first kappa shape index (κ1) is 7.36. The minimum Gasteiger partial charge on any atom is -0.375 e. The molecule has 0 aromatic rings. The van der Waals surface area contributed by atoms with Crippen molar-refractivity contribution in [1.82, 2.24) is 5.32 Å². The van der Waals surface area contributed by atoms with Gasteiger partial charge in [0.2, 0.25) is 0 Å². The Kier molecular flexibility index (Phi) is 1.41. The van der Waals surface area contributed by atoms with E-state index in [2.05, 4.69) is 5.32 Å². The maximum absolute atomic E-state index is 12.0. The van der Waals surface area contributed by atoms with E-state index in [1.54, 1.807) is 0 Å². The molecule has 64 valence electrons. The molecule has 1 aliphatic heterocycles. The first-order chi connectivity index (χ1) is 5.11. The molecule has 0 bridgehead atoms. The van der Waals surface area contributed by atoms with E-state index < -0.39 is 24.2 Å². The summed E-state index contributed by atoms with van der Waals surface area (Å²) < 4.78 is 41.0. The van der Waals surface area contributed by atoms with Crippen LogP contribution in [0.25, 0.3) is 0 Å². The van der Waals surface area contributed by atoms with Crippen molar-refractivity contribution in [3.63, 3.8) is 0 Å². The molecule has 0 aromatic carbocycles. The Hall–Kier alpha value is -0.290. The topological polar surface area (TPSA) is 21.3 Å². The molecule has 1 aliphatic carbocycles. The molecule has 0 amide bonds. The van der Waals surface area contributed by atoms with Crippen LogP contribution in [-0.4, -0.2) is 31.5 Å². The predicted octanol–water partition coefficient (Wildman–Crippen LogP) is 0.535.